The number of nitrogens with zero attached hydrogens (tertiary/aromatic N) is 3. The van der Waals surface area contributed by atoms with Gasteiger partial charge < -0.3 is 14.6 Å². The summed E-state index contributed by atoms with van der Waals surface area (Å²) in [7, 11) is 1.70. The van der Waals surface area contributed by atoms with E-state index in [1.807, 2.05) is 53.6 Å². The number of methoxy groups -OCH3 is 1. The van der Waals surface area contributed by atoms with E-state index in [9.17, 15) is 4.79 Å². The highest BCUT2D eigenvalue weighted by Crippen LogP contribution is 2.41. The van der Waals surface area contributed by atoms with Crippen LogP contribution in [0.3, 0.4) is 0 Å². The number of hydrogen-bond donors (Lipinski definition) is 1. The molecule has 1 aliphatic rings. The molecule has 0 bridgehead atoms. The first-order valence-corrected chi connectivity index (χ1v) is 13.2. The van der Waals surface area contributed by atoms with Crippen LogP contribution in [0.15, 0.2) is 79.3 Å². The van der Waals surface area contributed by atoms with Gasteiger partial charge in [-0.1, -0.05) is 68.8 Å². The maximum absolute atomic E-state index is 13.6. The Balaban J connectivity index is 1.42. The molecule has 1 unspecified atom stereocenters. The molecule has 1 amide bonds. The van der Waals surface area contributed by atoms with Crippen LogP contribution in [0, 0.1) is 5.92 Å². The van der Waals surface area contributed by atoms with Crippen LogP contribution in [-0.2, 0) is 12.0 Å². The predicted octanol–water partition coefficient (Wildman–Crippen LogP) is 5.51. The molecule has 1 saturated heterocycles. The minimum Gasteiger partial charge on any atom is -0.497 e. The number of piperazine rings is 1. The zero-order chi connectivity index (χ0) is 25.8. The van der Waals surface area contributed by atoms with Gasteiger partial charge in [0.1, 0.15) is 5.75 Å². The Morgan fingerprint density at radius 2 is 1.76 bits per heavy atom. The van der Waals surface area contributed by atoms with Crippen LogP contribution in [-0.4, -0.2) is 59.0 Å². The summed E-state index contributed by atoms with van der Waals surface area (Å²) in [4.78, 5) is 26.1. The largest absolute Gasteiger partial charge is 0.497 e. The summed E-state index contributed by atoms with van der Waals surface area (Å²) in [5.74, 6) is 1.35. The summed E-state index contributed by atoms with van der Waals surface area (Å²) < 4.78 is 5.39. The normalized spacial score (nSPS) is 16.9. The van der Waals surface area contributed by atoms with Crippen LogP contribution in [0.25, 0.3) is 10.8 Å². The maximum atomic E-state index is 13.6. The van der Waals surface area contributed by atoms with Gasteiger partial charge in [0.25, 0.3) is 5.91 Å². The Morgan fingerprint density at radius 3 is 2.43 bits per heavy atom. The third-order valence-corrected chi connectivity index (χ3v) is 8.18. The first-order chi connectivity index (χ1) is 18.1. The first-order valence-electron chi connectivity index (χ1n) is 13.2. The third-order valence-electron chi connectivity index (χ3n) is 8.18. The van der Waals surface area contributed by atoms with Gasteiger partial charge in [0.05, 0.1) is 24.7 Å². The van der Waals surface area contributed by atoms with Gasteiger partial charge in [-0.15, -0.1) is 0 Å². The summed E-state index contributed by atoms with van der Waals surface area (Å²) in [5, 5.41) is 2.12. The van der Waals surface area contributed by atoms with Gasteiger partial charge in [-0.3, -0.25) is 9.69 Å². The Bertz CT molecular complexity index is 1320. The van der Waals surface area contributed by atoms with Crippen LogP contribution in [0.2, 0.25) is 0 Å². The molecule has 2 atom stereocenters. The molecular formula is C31H36N4O2. The van der Waals surface area contributed by atoms with Crippen molar-refractivity contribution in [2.75, 3.05) is 33.3 Å². The number of aromatic amines is 1. The Labute approximate surface area is 219 Å². The molecule has 0 aliphatic carbocycles. The summed E-state index contributed by atoms with van der Waals surface area (Å²) >= 11 is 0. The number of aromatic nitrogens is 2. The fourth-order valence-electron chi connectivity index (χ4n) is 5.90. The maximum Gasteiger partial charge on any atom is 0.254 e. The van der Waals surface area contributed by atoms with Crippen LogP contribution in [0.5, 0.6) is 5.75 Å². The Hall–Kier alpha value is -3.64. The SMILES string of the molecule is CC[C@H](C)C(Cc1ccc(OC)cc1)(c1cnc[nH]1)N1CCN(C(=O)c2cccc3ccccc23)CC1. The molecule has 0 radical (unpaired) electrons. The fraction of sp³-hybridized carbons (Fsp3) is 0.355. The van der Waals surface area contributed by atoms with Gasteiger partial charge in [0.2, 0.25) is 0 Å². The van der Waals surface area contributed by atoms with E-state index in [0.29, 0.717) is 19.0 Å². The van der Waals surface area contributed by atoms with Crippen molar-refractivity contribution in [3.63, 3.8) is 0 Å². The van der Waals surface area contributed by atoms with Crippen LogP contribution in [0.4, 0.5) is 0 Å². The lowest BCUT2D eigenvalue weighted by Gasteiger charge is -2.50. The van der Waals surface area contributed by atoms with Crippen molar-refractivity contribution in [2.45, 2.75) is 32.2 Å². The van der Waals surface area contributed by atoms with Gasteiger partial charge in [0.15, 0.2) is 0 Å². The molecule has 37 heavy (non-hydrogen) atoms. The Morgan fingerprint density at radius 1 is 1.03 bits per heavy atom. The number of fused-ring (bicyclic) bond motifs is 1. The molecular weight excluding hydrogens is 460 g/mol. The van der Waals surface area contributed by atoms with Gasteiger partial charge in [-0.25, -0.2) is 4.98 Å². The number of ether oxygens (including phenoxy) is 1. The van der Waals surface area contributed by atoms with Crippen molar-refractivity contribution in [3.8, 4) is 5.75 Å². The van der Waals surface area contributed by atoms with E-state index in [2.05, 4.69) is 53.0 Å². The van der Waals surface area contributed by atoms with Crippen molar-refractivity contribution in [1.29, 1.82) is 0 Å². The smallest absolute Gasteiger partial charge is 0.254 e. The number of imidazole rings is 1. The molecule has 2 heterocycles. The summed E-state index contributed by atoms with van der Waals surface area (Å²) in [6, 6.07) is 22.5. The van der Waals surface area contributed by atoms with Gasteiger partial charge in [-0.05, 0) is 46.9 Å². The van der Waals surface area contributed by atoms with Gasteiger partial charge in [0, 0.05) is 37.9 Å². The van der Waals surface area contributed by atoms with Gasteiger partial charge >= 0.3 is 0 Å². The number of H-pyrrole nitrogens is 1. The average molecular weight is 497 g/mol. The first kappa shape index (κ1) is 25.0. The predicted molar refractivity (Wildman–Crippen MR) is 148 cm³/mol. The highest BCUT2D eigenvalue weighted by atomic mass is 16.5. The zero-order valence-corrected chi connectivity index (χ0v) is 22.0. The molecule has 5 rings (SSSR count). The minimum absolute atomic E-state index is 0.113. The molecule has 3 aromatic carbocycles. The summed E-state index contributed by atoms with van der Waals surface area (Å²) in [6.45, 7) is 7.57. The van der Waals surface area contributed by atoms with E-state index in [0.717, 1.165) is 53.7 Å². The molecule has 0 saturated carbocycles. The monoisotopic (exact) mass is 496 g/mol. The fourth-order valence-corrected chi connectivity index (χ4v) is 5.90. The molecule has 1 aromatic heterocycles. The summed E-state index contributed by atoms with van der Waals surface area (Å²) in [6.07, 6.45) is 5.64. The molecule has 192 valence electrons. The lowest BCUT2D eigenvalue weighted by atomic mass is 9.74. The summed E-state index contributed by atoms with van der Waals surface area (Å²) in [5.41, 5.74) is 2.91. The molecule has 0 spiro atoms. The quantitative estimate of drug-likeness (QED) is 0.349. The second-order valence-corrected chi connectivity index (χ2v) is 10.0. The molecule has 1 fully saturated rings. The molecule has 6 heteroatoms. The second-order valence-electron chi connectivity index (χ2n) is 10.0. The standard InChI is InChI=1S/C31H36N4O2/c1-4-23(2)31(29-21-32-22-33-29,20-24-12-14-26(37-3)15-13-24)35-18-16-34(17-19-35)30(36)28-11-7-9-25-8-5-6-10-27(25)28/h5-15,21-23H,4,16-20H2,1-3H3,(H,32,33)/t23-,31?/m0/s1. The lowest BCUT2D eigenvalue weighted by Crippen LogP contribution is -2.59. The van der Waals surface area contributed by atoms with Crippen molar-refractivity contribution in [3.05, 3.63) is 96.1 Å². The minimum atomic E-state index is -0.256. The molecule has 4 aromatic rings. The van der Waals surface area contributed by atoms with E-state index in [1.54, 1.807) is 13.4 Å². The van der Waals surface area contributed by atoms with Crippen LogP contribution in [0.1, 0.15) is 41.9 Å². The third kappa shape index (κ3) is 4.74. The Kier molecular flexibility index (Phi) is 7.28. The van der Waals surface area contributed by atoms with Crippen LogP contribution < -0.4 is 4.74 Å². The second kappa shape index (κ2) is 10.8. The lowest BCUT2D eigenvalue weighted by molar-refractivity contribution is -0.00769. The zero-order valence-electron chi connectivity index (χ0n) is 22.0. The highest BCUT2D eigenvalue weighted by molar-refractivity contribution is 6.07. The van der Waals surface area contributed by atoms with Gasteiger partial charge in [-0.2, -0.15) is 0 Å². The number of amides is 1. The number of benzene rings is 3. The molecule has 1 aliphatic heterocycles. The van der Waals surface area contributed by atoms with E-state index >= 15 is 0 Å². The van der Waals surface area contributed by atoms with E-state index < -0.39 is 0 Å². The number of rotatable bonds is 8. The van der Waals surface area contributed by atoms with E-state index in [-0.39, 0.29) is 11.4 Å². The topological polar surface area (TPSA) is 61.5 Å². The van der Waals surface area contributed by atoms with Crippen molar-refractivity contribution >= 4 is 16.7 Å². The van der Waals surface area contributed by atoms with Crippen molar-refractivity contribution < 1.29 is 9.53 Å². The van der Waals surface area contributed by atoms with Crippen molar-refractivity contribution in [2.24, 2.45) is 5.92 Å². The van der Waals surface area contributed by atoms with Crippen molar-refractivity contribution in [1.82, 2.24) is 19.8 Å². The van der Waals surface area contributed by atoms with E-state index in [4.69, 9.17) is 4.74 Å². The number of nitrogens with one attached hydrogen (secondary N) is 1. The average Bonchev–Trinajstić information content (AvgIpc) is 3.51. The highest BCUT2D eigenvalue weighted by Gasteiger charge is 2.45. The molecule has 1 N–H and O–H groups in total. The van der Waals surface area contributed by atoms with E-state index in [1.165, 1.54) is 5.56 Å². The number of carbonyl (C=O) groups excluding carboxylic acids is 1. The molecule has 6 nitrogen and oxygen atoms in total. The number of hydrogen-bond acceptors (Lipinski definition) is 4. The number of carbonyl (C=O) groups is 1. The van der Waals surface area contributed by atoms with Crippen LogP contribution >= 0.6 is 0 Å².